The Morgan fingerprint density at radius 3 is 2.50 bits per heavy atom. The Morgan fingerprint density at radius 1 is 1.12 bits per heavy atom. The maximum atomic E-state index is 13.8. The van der Waals surface area contributed by atoms with Gasteiger partial charge in [-0.1, -0.05) is 18.2 Å². The first-order valence-electron chi connectivity index (χ1n) is 7.87. The number of amides is 1. The number of aryl methyl sites for hydroxylation is 1. The quantitative estimate of drug-likeness (QED) is 0.703. The van der Waals surface area contributed by atoms with Crippen LogP contribution in [0.1, 0.15) is 16.1 Å². The summed E-state index contributed by atoms with van der Waals surface area (Å²) in [5.41, 5.74) is -0.429. The van der Waals surface area contributed by atoms with Crippen molar-refractivity contribution in [2.24, 2.45) is 14.1 Å². The maximum Gasteiger partial charge on any atom is 0.332 e. The fourth-order valence-electron chi connectivity index (χ4n) is 2.72. The van der Waals surface area contributed by atoms with Crippen LogP contribution in [0.5, 0.6) is 0 Å². The summed E-state index contributed by atoms with van der Waals surface area (Å²) in [4.78, 5) is 42.3. The molecule has 2 heterocycles. The van der Waals surface area contributed by atoms with Gasteiger partial charge in [0.25, 0.3) is 11.5 Å². The molecule has 0 saturated carbocycles. The van der Waals surface area contributed by atoms with Gasteiger partial charge in [0.15, 0.2) is 0 Å². The minimum absolute atomic E-state index is 0.0691. The van der Waals surface area contributed by atoms with Gasteiger partial charge in [0.2, 0.25) is 0 Å². The molecule has 1 amide bonds. The molecule has 26 heavy (non-hydrogen) atoms. The molecule has 0 N–H and O–H groups in total. The summed E-state index contributed by atoms with van der Waals surface area (Å²) in [6.45, 7) is 0.0701. The lowest BCUT2D eigenvalue weighted by atomic mass is 10.2. The number of hydrogen-bond acceptors (Lipinski definition) is 4. The molecule has 0 spiro atoms. The van der Waals surface area contributed by atoms with Crippen LogP contribution in [0, 0.1) is 5.82 Å². The van der Waals surface area contributed by atoms with E-state index in [2.05, 4.69) is 4.98 Å². The molecular weight excluding hydrogens is 339 g/mol. The van der Waals surface area contributed by atoms with E-state index in [1.165, 1.54) is 48.8 Å². The number of pyridine rings is 1. The molecular formula is C18H17FN4O3. The predicted molar refractivity (Wildman–Crippen MR) is 94.4 cm³/mol. The van der Waals surface area contributed by atoms with Crippen molar-refractivity contribution in [2.75, 3.05) is 7.05 Å². The third-order valence-corrected chi connectivity index (χ3v) is 4.23. The highest BCUT2D eigenvalue weighted by Crippen LogP contribution is 2.12. The monoisotopic (exact) mass is 356 g/mol. The van der Waals surface area contributed by atoms with Crippen LogP contribution >= 0.6 is 0 Å². The van der Waals surface area contributed by atoms with Crippen molar-refractivity contribution in [1.29, 1.82) is 0 Å². The van der Waals surface area contributed by atoms with Crippen molar-refractivity contribution in [1.82, 2.24) is 19.0 Å². The molecule has 0 saturated heterocycles. The van der Waals surface area contributed by atoms with E-state index in [1.54, 1.807) is 18.2 Å². The van der Waals surface area contributed by atoms with E-state index < -0.39 is 23.0 Å². The summed E-state index contributed by atoms with van der Waals surface area (Å²) >= 11 is 0. The number of carbonyl (C=O) groups excluding carboxylic acids is 1. The third kappa shape index (κ3) is 2.90. The van der Waals surface area contributed by atoms with Crippen LogP contribution in [-0.4, -0.2) is 32.0 Å². The molecule has 0 aliphatic rings. The van der Waals surface area contributed by atoms with Gasteiger partial charge in [-0.25, -0.2) is 14.2 Å². The van der Waals surface area contributed by atoms with E-state index in [-0.39, 0.29) is 23.3 Å². The fourth-order valence-corrected chi connectivity index (χ4v) is 2.72. The number of aromatic nitrogens is 3. The normalized spacial score (nSPS) is 10.9. The van der Waals surface area contributed by atoms with Crippen molar-refractivity contribution >= 4 is 16.9 Å². The highest BCUT2D eigenvalue weighted by Gasteiger charge is 2.17. The van der Waals surface area contributed by atoms with Gasteiger partial charge in [-0.15, -0.1) is 0 Å². The summed E-state index contributed by atoms with van der Waals surface area (Å²) in [7, 11) is 4.39. The number of nitrogens with zero attached hydrogens (tertiary/aromatic N) is 4. The first-order valence-corrected chi connectivity index (χ1v) is 7.87. The summed E-state index contributed by atoms with van der Waals surface area (Å²) in [6, 6.07) is 9.08. The lowest BCUT2D eigenvalue weighted by Gasteiger charge is -2.17. The first kappa shape index (κ1) is 17.5. The van der Waals surface area contributed by atoms with Gasteiger partial charge < -0.3 is 4.90 Å². The Labute approximate surface area is 147 Å². The first-order chi connectivity index (χ1) is 12.3. The Kier molecular flexibility index (Phi) is 4.41. The largest absolute Gasteiger partial charge is 0.336 e. The van der Waals surface area contributed by atoms with Crippen molar-refractivity contribution in [2.45, 2.75) is 6.54 Å². The summed E-state index contributed by atoms with van der Waals surface area (Å²) < 4.78 is 16.0. The van der Waals surface area contributed by atoms with Crippen molar-refractivity contribution in [3.8, 4) is 0 Å². The van der Waals surface area contributed by atoms with Crippen LogP contribution in [0.25, 0.3) is 11.0 Å². The van der Waals surface area contributed by atoms with Crippen LogP contribution in [0.15, 0.2) is 46.0 Å². The molecule has 0 atom stereocenters. The Morgan fingerprint density at radius 2 is 1.81 bits per heavy atom. The van der Waals surface area contributed by atoms with Crippen LogP contribution in [0.3, 0.4) is 0 Å². The lowest BCUT2D eigenvalue weighted by Crippen LogP contribution is -2.37. The van der Waals surface area contributed by atoms with E-state index in [0.717, 1.165) is 4.57 Å². The second kappa shape index (κ2) is 6.55. The molecule has 1 aromatic carbocycles. The number of fused-ring (bicyclic) bond motifs is 1. The van der Waals surface area contributed by atoms with Crippen LogP contribution < -0.4 is 11.2 Å². The Bertz CT molecular complexity index is 1130. The maximum absolute atomic E-state index is 13.8. The van der Waals surface area contributed by atoms with Crippen molar-refractivity contribution < 1.29 is 9.18 Å². The topological polar surface area (TPSA) is 77.2 Å². The molecule has 0 unspecified atom stereocenters. The van der Waals surface area contributed by atoms with Gasteiger partial charge >= 0.3 is 5.69 Å². The number of halogens is 1. The molecule has 8 heteroatoms. The van der Waals surface area contributed by atoms with Crippen LogP contribution in [-0.2, 0) is 20.6 Å². The van der Waals surface area contributed by atoms with Gasteiger partial charge in [-0.2, -0.15) is 0 Å². The molecule has 3 rings (SSSR count). The van der Waals surface area contributed by atoms with Crippen molar-refractivity contribution in [3.63, 3.8) is 0 Å². The van der Waals surface area contributed by atoms with Gasteiger partial charge in [0.05, 0.1) is 5.39 Å². The number of rotatable bonds is 3. The van der Waals surface area contributed by atoms with Crippen LogP contribution in [0.2, 0.25) is 0 Å². The zero-order valence-corrected chi connectivity index (χ0v) is 14.6. The molecule has 0 bridgehead atoms. The van der Waals surface area contributed by atoms with E-state index in [1.807, 2.05) is 0 Å². The van der Waals surface area contributed by atoms with E-state index in [0.29, 0.717) is 5.56 Å². The number of carbonyl (C=O) groups is 1. The predicted octanol–water partition coefficient (Wildman–Crippen LogP) is 1.04. The molecule has 0 fully saturated rings. The summed E-state index contributed by atoms with van der Waals surface area (Å²) in [6.07, 6.45) is 0. The zero-order valence-electron chi connectivity index (χ0n) is 14.6. The molecule has 7 nitrogen and oxygen atoms in total. The summed E-state index contributed by atoms with van der Waals surface area (Å²) in [5, 5.41) is 0.239. The van der Waals surface area contributed by atoms with Gasteiger partial charge in [0.1, 0.15) is 17.2 Å². The zero-order chi connectivity index (χ0) is 19.0. The smallest absolute Gasteiger partial charge is 0.332 e. The second-order valence-corrected chi connectivity index (χ2v) is 6.03. The minimum atomic E-state index is -0.528. The Hall–Kier alpha value is -3.29. The summed E-state index contributed by atoms with van der Waals surface area (Å²) in [5.74, 6) is -0.840. The lowest BCUT2D eigenvalue weighted by molar-refractivity contribution is 0.0778. The number of hydrogen-bond donors (Lipinski definition) is 0. The van der Waals surface area contributed by atoms with Crippen LogP contribution in [0.4, 0.5) is 4.39 Å². The minimum Gasteiger partial charge on any atom is -0.336 e. The SMILES string of the molecule is CN(Cc1ccccc1F)C(=O)c1ccc2c(=O)n(C)c(=O)n(C)c2n1. The molecule has 134 valence electrons. The van der Waals surface area contributed by atoms with E-state index >= 15 is 0 Å². The van der Waals surface area contributed by atoms with Gasteiger partial charge in [-0.3, -0.25) is 18.7 Å². The molecule has 2 aromatic heterocycles. The van der Waals surface area contributed by atoms with E-state index in [9.17, 15) is 18.8 Å². The average Bonchev–Trinajstić information content (AvgIpc) is 2.65. The molecule has 0 aliphatic heterocycles. The standard InChI is InChI=1S/C18H17FN4O3/c1-21(10-11-6-4-5-7-13(11)19)17(25)14-9-8-12-15(20-14)22(2)18(26)23(3)16(12)24/h4-9H,10H2,1-3H3. The second-order valence-electron chi connectivity index (χ2n) is 6.03. The fraction of sp³-hybridized carbons (Fsp3) is 0.222. The van der Waals surface area contributed by atoms with Gasteiger partial charge in [-0.05, 0) is 18.2 Å². The van der Waals surface area contributed by atoms with E-state index in [4.69, 9.17) is 0 Å². The highest BCUT2D eigenvalue weighted by molar-refractivity contribution is 5.94. The molecule has 3 aromatic rings. The number of benzene rings is 1. The average molecular weight is 356 g/mol. The molecule has 0 radical (unpaired) electrons. The third-order valence-electron chi connectivity index (χ3n) is 4.23. The molecule has 0 aliphatic carbocycles. The Balaban J connectivity index is 2.00. The highest BCUT2D eigenvalue weighted by atomic mass is 19.1. The van der Waals surface area contributed by atoms with Gasteiger partial charge in [0, 0.05) is 33.3 Å². The van der Waals surface area contributed by atoms with Crippen molar-refractivity contribution in [3.05, 3.63) is 74.3 Å².